The molecular weight excluding hydrogens is 891 g/mol. The van der Waals surface area contributed by atoms with Crippen LogP contribution < -0.4 is 16.4 Å². The maximum Gasteiger partial charge on any atom is 0.408 e. The average Bonchev–Trinajstić information content (AvgIpc) is 4.13. The number of alkyl carbamates (subject to hydrolysis) is 1. The first-order valence-corrected chi connectivity index (χ1v) is 25.4. The molecule has 0 unspecified atom stereocenters. The predicted molar refractivity (Wildman–Crippen MR) is 275 cm³/mol. The number of hydrogen-bond acceptors (Lipinski definition) is 10. The lowest BCUT2D eigenvalue weighted by molar-refractivity contribution is -0.140. The molecule has 4 amide bonds. The van der Waals surface area contributed by atoms with Gasteiger partial charge in [-0.1, -0.05) is 126 Å². The van der Waals surface area contributed by atoms with Crippen LogP contribution in [0.25, 0.3) is 44.1 Å². The Bertz CT molecular complexity index is 2750. The van der Waals surface area contributed by atoms with Crippen molar-refractivity contribution in [2.75, 3.05) is 13.1 Å². The maximum absolute atomic E-state index is 14.0. The van der Waals surface area contributed by atoms with Gasteiger partial charge >= 0.3 is 6.09 Å². The number of benzene rings is 4. The molecule has 360 valence electrons. The van der Waals surface area contributed by atoms with Gasteiger partial charge in [0.05, 0.1) is 29.5 Å². The zero-order chi connectivity index (χ0) is 49.1. The summed E-state index contributed by atoms with van der Waals surface area (Å²) in [5, 5.41) is 16.3. The molecular formula is C54H67N7O5S2. The second kappa shape index (κ2) is 20.5. The number of ether oxygens (including phenoxy) is 1. The summed E-state index contributed by atoms with van der Waals surface area (Å²) in [6.07, 6.45) is 2.94. The van der Waals surface area contributed by atoms with Gasteiger partial charge in [0.2, 0.25) is 17.7 Å². The van der Waals surface area contributed by atoms with Gasteiger partial charge in [0.15, 0.2) is 0 Å². The molecule has 2 fully saturated rings. The van der Waals surface area contributed by atoms with E-state index in [2.05, 4.69) is 88.1 Å². The van der Waals surface area contributed by atoms with Gasteiger partial charge in [0.25, 0.3) is 0 Å². The van der Waals surface area contributed by atoms with Crippen molar-refractivity contribution in [3.8, 4) is 22.5 Å². The standard InChI is InChI=1S/C31H40N4O4S.C23H27N3OS/c1-19(32-29(38)39-31(5,6)7)26(36)34-25(30(2,3)4)28(37)35-17-11-16-24(35)27-33-23(18-40-27)22-15-10-13-20-12-8-9-14-21(20)22;1-23(2,3)20(24)22(27)26-13-7-12-19(26)21-25-18(14-28-21)17-11-6-9-15-8-4-5-10-16(15)17/h8-10,12-15,18-19,24-25H,11,16-17H2,1-7H3,(H,32,38)(H,34,36);4-6,8-11,14,19-20H,7,12-13,24H2,1-3H3/t19-,24-,25+;19-,20+/m00/s1. The first-order chi connectivity index (χ1) is 32.1. The third-order valence-electron chi connectivity index (χ3n) is 12.5. The summed E-state index contributed by atoms with van der Waals surface area (Å²) >= 11 is 3.21. The van der Waals surface area contributed by atoms with E-state index < -0.39 is 41.1 Å². The van der Waals surface area contributed by atoms with Gasteiger partial charge < -0.3 is 30.9 Å². The van der Waals surface area contributed by atoms with Crippen LogP contribution in [0.4, 0.5) is 4.79 Å². The molecule has 0 saturated carbocycles. The molecule has 2 aliphatic heterocycles. The molecule has 2 aromatic heterocycles. The lowest BCUT2D eigenvalue weighted by Gasteiger charge is -2.36. The van der Waals surface area contributed by atoms with Gasteiger partial charge in [-0.05, 0) is 85.8 Å². The minimum atomic E-state index is -0.871. The van der Waals surface area contributed by atoms with Crippen molar-refractivity contribution in [2.45, 2.75) is 131 Å². The number of hydrogen-bond donors (Lipinski definition) is 3. The molecule has 12 nitrogen and oxygen atoms in total. The van der Waals surface area contributed by atoms with E-state index in [1.807, 2.05) is 69.5 Å². The number of nitrogens with zero attached hydrogens (tertiary/aromatic N) is 4. The largest absolute Gasteiger partial charge is 0.444 e. The molecule has 4 aromatic carbocycles. The van der Waals surface area contributed by atoms with E-state index in [9.17, 15) is 19.2 Å². The van der Waals surface area contributed by atoms with Crippen molar-refractivity contribution in [1.29, 1.82) is 0 Å². The number of carbonyl (C=O) groups excluding carboxylic acids is 4. The number of likely N-dealkylation sites (tertiary alicyclic amines) is 2. The van der Waals surface area contributed by atoms with Crippen LogP contribution in [-0.2, 0) is 19.1 Å². The molecule has 5 atom stereocenters. The van der Waals surface area contributed by atoms with Crippen LogP contribution in [0, 0.1) is 10.8 Å². The fourth-order valence-electron chi connectivity index (χ4n) is 8.78. The molecule has 4 N–H and O–H groups in total. The molecule has 6 aromatic rings. The normalized spacial score (nSPS) is 17.9. The molecule has 2 saturated heterocycles. The Kier molecular flexibility index (Phi) is 15.1. The molecule has 14 heteroatoms. The Labute approximate surface area is 409 Å². The summed E-state index contributed by atoms with van der Waals surface area (Å²) in [7, 11) is 0. The third kappa shape index (κ3) is 11.6. The van der Waals surface area contributed by atoms with Crippen molar-refractivity contribution < 1.29 is 23.9 Å². The number of nitrogens with two attached hydrogens (primary N) is 1. The zero-order valence-electron chi connectivity index (χ0n) is 41.1. The number of thiazole rings is 2. The SMILES string of the molecule is CC(C)(C)[C@H](N)C(=O)N1CCC[C@H]1c1nc(-c2cccc3ccccc23)cs1.C[C@H](NC(=O)OC(C)(C)C)C(=O)N[C@H](C(=O)N1CCC[C@H]1c1nc(-c2cccc3ccccc23)cs1)C(C)(C)C. The van der Waals surface area contributed by atoms with Crippen LogP contribution in [0.3, 0.4) is 0 Å². The monoisotopic (exact) mass is 957 g/mol. The highest BCUT2D eigenvalue weighted by Gasteiger charge is 2.42. The number of aromatic nitrogens is 2. The number of fused-ring (bicyclic) bond motifs is 2. The van der Waals surface area contributed by atoms with Gasteiger partial charge in [-0.15, -0.1) is 22.7 Å². The highest BCUT2D eigenvalue weighted by Crippen LogP contribution is 2.40. The summed E-state index contributed by atoms with van der Waals surface area (Å²) in [4.78, 5) is 66.0. The fourth-order valence-corrected chi connectivity index (χ4v) is 10.7. The topological polar surface area (TPSA) is 160 Å². The molecule has 2 aliphatic rings. The molecule has 68 heavy (non-hydrogen) atoms. The molecule has 0 bridgehead atoms. The van der Waals surface area contributed by atoms with E-state index >= 15 is 0 Å². The van der Waals surface area contributed by atoms with E-state index in [0.29, 0.717) is 6.54 Å². The smallest absolute Gasteiger partial charge is 0.408 e. The number of nitrogens with one attached hydrogen (secondary N) is 2. The average molecular weight is 958 g/mol. The molecule has 0 spiro atoms. The van der Waals surface area contributed by atoms with Gasteiger partial charge in [-0.2, -0.15) is 0 Å². The van der Waals surface area contributed by atoms with Crippen molar-refractivity contribution in [3.05, 3.63) is 106 Å². The lowest BCUT2D eigenvalue weighted by Crippen LogP contribution is -2.58. The first-order valence-electron chi connectivity index (χ1n) is 23.6. The van der Waals surface area contributed by atoms with Crippen LogP contribution in [0.15, 0.2) is 95.7 Å². The van der Waals surface area contributed by atoms with Crippen LogP contribution in [-0.4, -0.2) is 80.4 Å². The van der Waals surface area contributed by atoms with Crippen molar-refractivity contribution in [3.63, 3.8) is 0 Å². The summed E-state index contributed by atoms with van der Waals surface area (Å²) < 4.78 is 5.27. The van der Waals surface area contributed by atoms with Crippen LogP contribution in [0.5, 0.6) is 0 Å². The van der Waals surface area contributed by atoms with E-state index in [1.54, 1.807) is 50.4 Å². The quantitative estimate of drug-likeness (QED) is 0.129. The number of carbonyl (C=O) groups is 4. The Hall–Kier alpha value is -5.70. The second-order valence-corrected chi connectivity index (χ2v) is 22.9. The summed E-state index contributed by atoms with van der Waals surface area (Å²) in [6, 6.07) is 26.9. The van der Waals surface area contributed by atoms with Crippen LogP contribution in [0.1, 0.15) is 117 Å². The highest BCUT2D eigenvalue weighted by molar-refractivity contribution is 7.10. The zero-order valence-corrected chi connectivity index (χ0v) is 42.7. The van der Waals surface area contributed by atoms with Gasteiger partial charge in [-0.3, -0.25) is 14.4 Å². The molecule has 0 radical (unpaired) electrons. The highest BCUT2D eigenvalue weighted by atomic mass is 32.1. The summed E-state index contributed by atoms with van der Waals surface area (Å²) in [5.41, 5.74) is 8.88. The van der Waals surface area contributed by atoms with Crippen molar-refractivity contribution >= 4 is 68.0 Å². The Balaban J connectivity index is 0.000000214. The Morgan fingerprint density at radius 1 is 0.647 bits per heavy atom. The van der Waals surface area contributed by atoms with Gasteiger partial charge in [-0.25, -0.2) is 14.8 Å². The Morgan fingerprint density at radius 3 is 1.56 bits per heavy atom. The Morgan fingerprint density at radius 2 is 1.10 bits per heavy atom. The maximum atomic E-state index is 14.0. The molecule has 8 rings (SSSR count). The minimum Gasteiger partial charge on any atom is -0.444 e. The van der Waals surface area contributed by atoms with Gasteiger partial charge in [0, 0.05) is 35.0 Å². The molecule has 4 heterocycles. The minimum absolute atomic E-state index is 0.0367. The van der Waals surface area contributed by atoms with Crippen LogP contribution >= 0.6 is 22.7 Å². The van der Waals surface area contributed by atoms with Gasteiger partial charge in [0.1, 0.15) is 27.7 Å². The fraction of sp³-hybridized carbons (Fsp3) is 0.444. The summed E-state index contributed by atoms with van der Waals surface area (Å²) in [5.74, 6) is -0.547. The number of rotatable bonds is 9. The molecule has 0 aliphatic carbocycles. The lowest BCUT2D eigenvalue weighted by atomic mass is 9.85. The van der Waals surface area contributed by atoms with E-state index in [1.165, 1.54) is 10.8 Å². The van der Waals surface area contributed by atoms with Crippen molar-refractivity contribution in [1.82, 2.24) is 30.4 Å². The van der Waals surface area contributed by atoms with E-state index in [-0.39, 0.29) is 29.3 Å². The third-order valence-corrected chi connectivity index (χ3v) is 14.4. The summed E-state index contributed by atoms with van der Waals surface area (Å²) in [6.45, 7) is 20.0. The number of amides is 4. The second-order valence-electron chi connectivity index (χ2n) is 21.1. The van der Waals surface area contributed by atoms with E-state index in [4.69, 9.17) is 20.4 Å². The van der Waals surface area contributed by atoms with Crippen LogP contribution in [0.2, 0.25) is 0 Å². The predicted octanol–water partition coefficient (Wildman–Crippen LogP) is 11.1. The first kappa shape index (κ1) is 50.2. The van der Waals surface area contributed by atoms with Crippen molar-refractivity contribution in [2.24, 2.45) is 16.6 Å². The van der Waals surface area contributed by atoms with E-state index in [0.717, 1.165) is 75.5 Å².